The molecule has 0 fully saturated rings. The van der Waals surface area contributed by atoms with Gasteiger partial charge in [-0.2, -0.15) is 0 Å². The molecule has 0 aromatic heterocycles. The fraction of sp³-hybridized carbons (Fsp3) is 0. The molecule has 4 heavy (non-hydrogen) atoms. The van der Waals surface area contributed by atoms with Gasteiger partial charge in [-0.3, -0.25) is 0 Å². The van der Waals surface area contributed by atoms with Crippen molar-refractivity contribution in [3.8, 4) is 0 Å². The van der Waals surface area contributed by atoms with Crippen molar-refractivity contribution in [3.63, 3.8) is 0 Å². The van der Waals surface area contributed by atoms with E-state index in [-0.39, 0.29) is 82.1 Å². The van der Waals surface area contributed by atoms with Gasteiger partial charge >= 0.3 is 17.6 Å². The molecule has 0 aromatic rings. The van der Waals surface area contributed by atoms with Crippen LogP contribution in [0, 0.1) is 0 Å². The molecule has 31 valence electrons. The number of hydrogen-bond acceptors (Lipinski definition) is 0. The average Bonchev–Trinajstić information content (AvgIpc) is 0. The quantitative estimate of drug-likeness (QED) is 0.322. The molecule has 0 saturated heterocycles. The molecule has 0 spiro atoms. The van der Waals surface area contributed by atoms with Crippen molar-refractivity contribution in [3.05, 3.63) is 0 Å². The molecule has 4 heteroatoms. The van der Waals surface area contributed by atoms with Crippen molar-refractivity contribution in [2.75, 3.05) is 0 Å². The summed E-state index contributed by atoms with van der Waals surface area (Å²) in [5, 5.41) is 0. The first-order valence-electron chi connectivity index (χ1n) is 0. The van der Waals surface area contributed by atoms with Gasteiger partial charge in [0.1, 0.15) is 0 Å². The Morgan fingerprint density at radius 3 is 1.00 bits per heavy atom. The van der Waals surface area contributed by atoms with Crippen molar-refractivity contribution in [1.82, 2.24) is 0 Å². The molecule has 0 aromatic carbocycles. The maximum Gasteiger partial charge on any atom is 0 e. The largest absolute Gasteiger partial charge is 0 e. The molecule has 0 atom stereocenters. The molecule has 0 aliphatic rings. The van der Waals surface area contributed by atoms with Gasteiger partial charge in [-0.15, -0.1) is 0 Å². The molecule has 0 rings (SSSR count). The van der Waals surface area contributed by atoms with E-state index in [1.54, 1.807) is 0 Å². The molecule has 0 aliphatic heterocycles. The van der Waals surface area contributed by atoms with Crippen LogP contribution in [0.4, 0.5) is 0 Å². The fourth-order valence-corrected chi connectivity index (χ4v) is 0. The van der Waals surface area contributed by atoms with Crippen LogP contribution >= 0.6 is 0 Å². The number of hydrogen-bond donors (Lipinski definition) is 0. The standard InChI is InChI=1S/Au.GeH4.Mo.W/h;1H4;;. The Morgan fingerprint density at radius 2 is 1.00 bits per heavy atom. The van der Waals surface area contributed by atoms with Gasteiger partial charge in [0.25, 0.3) is 0 Å². The third-order valence-corrected chi connectivity index (χ3v) is 0. The normalized spacial score (nSPS) is 0. The first-order valence-corrected chi connectivity index (χ1v) is 0. The van der Waals surface area contributed by atoms with Crippen LogP contribution in [0.25, 0.3) is 0 Å². The number of rotatable bonds is 0. The molecule has 0 amide bonds. The first kappa shape index (κ1) is 30.2. The van der Waals surface area contributed by atoms with Crippen molar-refractivity contribution in [2.45, 2.75) is 0 Å². The van der Waals surface area contributed by atoms with Gasteiger partial charge in [-0.1, -0.05) is 0 Å². The molecule has 0 nitrogen and oxygen atoms in total. The summed E-state index contributed by atoms with van der Waals surface area (Å²) in [5.74, 6) is 0. The van der Waals surface area contributed by atoms with Crippen LogP contribution in [0.5, 0.6) is 0 Å². The molecule has 0 bridgehead atoms. The van der Waals surface area contributed by atoms with Gasteiger partial charge in [-0.05, 0) is 0 Å². The summed E-state index contributed by atoms with van der Waals surface area (Å²) in [6.07, 6.45) is 0. The summed E-state index contributed by atoms with van der Waals surface area (Å²) >= 11 is 0. The smallest absolute Gasteiger partial charge is 0 e. The van der Waals surface area contributed by atoms with E-state index in [1.807, 2.05) is 0 Å². The first-order chi connectivity index (χ1) is 0. The van der Waals surface area contributed by atoms with Gasteiger partial charge in [-0.25, -0.2) is 0 Å². The maximum atomic E-state index is 0. The SMILES string of the molecule is [Au].[GeH4].[Mo].[W]. The van der Waals surface area contributed by atoms with E-state index in [1.165, 1.54) is 0 Å². The maximum absolute atomic E-state index is 0. The van der Waals surface area contributed by atoms with Gasteiger partial charge in [0, 0.05) is 64.5 Å². The zero-order valence-electron chi connectivity index (χ0n) is 1.12. The van der Waals surface area contributed by atoms with Crippen LogP contribution in [0.3, 0.4) is 0 Å². The van der Waals surface area contributed by atoms with Crippen molar-refractivity contribution >= 4 is 17.6 Å². The average molecular weight is 553 g/mol. The van der Waals surface area contributed by atoms with Gasteiger partial charge in [0.05, 0.1) is 0 Å². The van der Waals surface area contributed by atoms with Crippen LogP contribution in [-0.2, 0) is 64.5 Å². The second kappa shape index (κ2) is 17.4. The molecule has 0 unspecified atom stereocenters. The molecule has 0 N–H and O–H groups in total. The van der Waals surface area contributed by atoms with Crippen molar-refractivity contribution in [1.29, 1.82) is 0 Å². The van der Waals surface area contributed by atoms with E-state index in [0.717, 1.165) is 0 Å². The second-order valence-electron chi connectivity index (χ2n) is 0. The Balaban J connectivity index is 0. The topological polar surface area (TPSA) is 0 Å². The summed E-state index contributed by atoms with van der Waals surface area (Å²) in [7, 11) is 0. The minimum Gasteiger partial charge on any atom is 0 e. The van der Waals surface area contributed by atoms with Crippen molar-refractivity contribution < 1.29 is 64.5 Å². The molecule has 1 radical (unpaired) electrons. The summed E-state index contributed by atoms with van der Waals surface area (Å²) in [6.45, 7) is 0. The van der Waals surface area contributed by atoms with Gasteiger partial charge in [0.15, 0.2) is 0 Å². The molecule has 0 aliphatic carbocycles. The zero-order chi connectivity index (χ0) is 0. The zero-order valence-corrected chi connectivity index (χ0v) is 8.22. The predicted molar refractivity (Wildman–Crippen MR) is 11.3 cm³/mol. The third kappa shape index (κ3) is 8.82. The minimum absolute atomic E-state index is 0. The summed E-state index contributed by atoms with van der Waals surface area (Å²) < 4.78 is 0. The van der Waals surface area contributed by atoms with E-state index in [9.17, 15) is 0 Å². The molecule has 0 saturated carbocycles. The van der Waals surface area contributed by atoms with Crippen LogP contribution in [0.2, 0.25) is 0 Å². The second-order valence-corrected chi connectivity index (χ2v) is 0. The molecular formula is H4AuGeMoW. The van der Waals surface area contributed by atoms with Gasteiger partial charge in [0.2, 0.25) is 0 Å². The Bertz CT molecular complexity index is 8.00. The molecule has 0 heterocycles. The molecular weight excluding hydrogens is 549 g/mol. The Labute approximate surface area is 80.9 Å². The predicted octanol–water partition coefficient (Wildman–Crippen LogP) is -1.46. The Morgan fingerprint density at radius 1 is 1.00 bits per heavy atom. The summed E-state index contributed by atoms with van der Waals surface area (Å²) in [5.41, 5.74) is 0. The van der Waals surface area contributed by atoms with Gasteiger partial charge < -0.3 is 0 Å². The minimum atomic E-state index is 0. The van der Waals surface area contributed by atoms with E-state index < -0.39 is 0 Å². The monoisotopic (exact) mass is 557 g/mol. The van der Waals surface area contributed by atoms with Crippen LogP contribution in [0.15, 0.2) is 0 Å². The van der Waals surface area contributed by atoms with E-state index in [2.05, 4.69) is 0 Å². The summed E-state index contributed by atoms with van der Waals surface area (Å²) in [6, 6.07) is 0. The van der Waals surface area contributed by atoms with E-state index in [4.69, 9.17) is 0 Å². The third-order valence-electron chi connectivity index (χ3n) is 0. The van der Waals surface area contributed by atoms with Crippen LogP contribution in [0.1, 0.15) is 0 Å². The van der Waals surface area contributed by atoms with E-state index >= 15 is 0 Å². The summed E-state index contributed by atoms with van der Waals surface area (Å²) in [4.78, 5) is 0. The van der Waals surface area contributed by atoms with Crippen LogP contribution < -0.4 is 0 Å². The Hall–Kier alpha value is 2.66. The van der Waals surface area contributed by atoms with Crippen LogP contribution in [-0.4, -0.2) is 17.6 Å². The Kier molecular flexibility index (Phi) is 131. The van der Waals surface area contributed by atoms with E-state index in [0.29, 0.717) is 0 Å². The fourth-order valence-electron chi connectivity index (χ4n) is 0. The van der Waals surface area contributed by atoms with Crippen molar-refractivity contribution in [2.24, 2.45) is 0 Å².